The van der Waals surface area contributed by atoms with Crippen LogP contribution in [0.25, 0.3) is 0 Å². The molecule has 2 rings (SSSR count). The fourth-order valence-corrected chi connectivity index (χ4v) is 2.46. The molecule has 2 aliphatic heterocycles. The summed E-state index contributed by atoms with van der Waals surface area (Å²) in [6.45, 7) is 5.18. The zero-order valence-corrected chi connectivity index (χ0v) is 9.95. The zero-order chi connectivity index (χ0) is 11.4. The van der Waals surface area contributed by atoms with Gasteiger partial charge in [0.2, 0.25) is 0 Å². The fraction of sp³-hybridized carbons (Fsp3) is 0.909. The Kier molecular flexibility index (Phi) is 4.01. The third kappa shape index (κ3) is 2.47. The minimum Gasteiger partial charge on any atom is -0.385 e. The van der Waals surface area contributed by atoms with Crippen molar-refractivity contribution < 1.29 is 9.53 Å². The topological polar surface area (TPSA) is 44.8 Å². The second kappa shape index (κ2) is 5.50. The van der Waals surface area contributed by atoms with Crippen molar-refractivity contribution in [3.8, 4) is 0 Å². The number of fused-ring (bicyclic) bond motifs is 1. The van der Waals surface area contributed by atoms with Crippen molar-refractivity contribution in [2.75, 3.05) is 46.4 Å². The van der Waals surface area contributed by atoms with Gasteiger partial charge in [-0.2, -0.15) is 0 Å². The molecule has 5 heteroatoms. The van der Waals surface area contributed by atoms with E-state index >= 15 is 0 Å². The standard InChI is InChI=1S/C11H21N3O2/c1-16-8-2-5-13-6-3-10-9-12-4-7-14(10)11(13)15/h10,12H,2-9H2,1H3. The van der Waals surface area contributed by atoms with E-state index in [1.165, 1.54) is 0 Å². The summed E-state index contributed by atoms with van der Waals surface area (Å²) in [4.78, 5) is 16.1. The van der Waals surface area contributed by atoms with Crippen LogP contribution in [0.15, 0.2) is 0 Å². The number of carbonyl (C=O) groups is 1. The molecule has 0 aromatic carbocycles. The van der Waals surface area contributed by atoms with E-state index < -0.39 is 0 Å². The van der Waals surface area contributed by atoms with Crippen molar-refractivity contribution in [1.29, 1.82) is 0 Å². The van der Waals surface area contributed by atoms with Crippen LogP contribution in [0.1, 0.15) is 12.8 Å². The van der Waals surface area contributed by atoms with Crippen LogP contribution < -0.4 is 5.32 Å². The van der Waals surface area contributed by atoms with Crippen LogP contribution in [0, 0.1) is 0 Å². The van der Waals surface area contributed by atoms with E-state index in [4.69, 9.17) is 4.74 Å². The number of nitrogens with zero attached hydrogens (tertiary/aromatic N) is 2. The number of rotatable bonds is 4. The summed E-state index contributed by atoms with van der Waals surface area (Å²) < 4.78 is 5.01. The Morgan fingerprint density at radius 3 is 3.19 bits per heavy atom. The van der Waals surface area contributed by atoms with E-state index in [1.54, 1.807) is 7.11 Å². The molecule has 0 saturated carbocycles. The van der Waals surface area contributed by atoms with E-state index in [0.29, 0.717) is 6.04 Å². The van der Waals surface area contributed by atoms with Crippen molar-refractivity contribution in [2.24, 2.45) is 0 Å². The summed E-state index contributed by atoms with van der Waals surface area (Å²) in [5.74, 6) is 0. The molecule has 2 saturated heterocycles. The number of carbonyl (C=O) groups excluding carboxylic acids is 1. The number of piperazine rings is 1. The summed E-state index contributed by atoms with van der Waals surface area (Å²) in [7, 11) is 1.70. The summed E-state index contributed by atoms with van der Waals surface area (Å²) in [6, 6.07) is 0.633. The lowest BCUT2D eigenvalue weighted by atomic mass is 10.1. The van der Waals surface area contributed by atoms with Crippen molar-refractivity contribution >= 4 is 6.03 Å². The highest BCUT2D eigenvalue weighted by Gasteiger charge is 2.33. The Bertz CT molecular complexity index is 245. The molecule has 2 aliphatic rings. The molecule has 0 aromatic heterocycles. The number of hydrogen-bond acceptors (Lipinski definition) is 3. The van der Waals surface area contributed by atoms with Crippen LogP contribution in [0.4, 0.5) is 4.79 Å². The summed E-state index contributed by atoms with van der Waals surface area (Å²) >= 11 is 0. The minimum atomic E-state index is 0.217. The second-order valence-corrected chi connectivity index (χ2v) is 4.46. The van der Waals surface area contributed by atoms with Crippen LogP contribution >= 0.6 is 0 Å². The van der Waals surface area contributed by atoms with Crippen LogP contribution in [-0.2, 0) is 4.74 Å². The van der Waals surface area contributed by atoms with Crippen LogP contribution in [-0.4, -0.2) is 68.3 Å². The molecule has 1 N–H and O–H groups in total. The smallest absolute Gasteiger partial charge is 0.320 e. The third-order valence-corrected chi connectivity index (χ3v) is 3.38. The molecular weight excluding hydrogens is 206 g/mol. The lowest BCUT2D eigenvalue weighted by Crippen LogP contribution is -2.61. The molecule has 92 valence electrons. The van der Waals surface area contributed by atoms with Crippen molar-refractivity contribution in [3.63, 3.8) is 0 Å². The van der Waals surface area contributed by atoms with Gasteiger partial charge in [0, 0.05) is 52.5 Å². The van der Waals surface area contributed by atoms with Gasteiger partial charge in [-0.15, -0.1) is 0 Å². The van der Waals surface area contributed by atoms with Crippen LogP contribution in [0.5, 0.6) is 0 Å². The summed E-state index contributed by atoms with van der Waals surface area (Å²) in [5.41, 5.74) is 0. The first-order valence-corrected chi connectivity index (χ1v) is 6.08. The van der Waals surface area contributed by atoms with Gasteiger partial charge in [-0.05, 0) is 12.8 Å². The minimum absolute atomic E-state index is 0.217. The van der Waals surface area contributed by atoms with Gasteiger partial charge in [0.15, 0.2) is 0 Å². The van der Waals surface area contributed by atoms with E-state index in [-0.39, 0.29) is 6.03 Å². The van der Waals surface area contributed by atoms with Crippen molar-refractivity contribution in [3.05, 3.63) is 0 Å². The van der Waals surface area contributed by atoms with Gasteiger partial charge in [-0.1, -0.05) is 0 Å². The van der Waals surface area contributed by atoms with Crippen LogP contribution in [0.3, 0.4) is 0 Å². The maximum atomic E-state index is 12.1. The molecule has 0 bridgehead atoms. The highest BCUT2D eigenvalue weighted by molar-refractivity contribution is 5.75. The quantitative estimate of drug-likeness (QED) is 0.694. The third-order valence-electron chi connectivity index (χ3n) is 3.38. The predicted molar refractivity (Wildman–Crippen MR) is 61.4 cm³/mol. The van der Waals surface area contributed by atoms with Gasteiger partial charge in [-0.25, -0.2) is 4.79 Å². The van der Waals surface area contributed by atoms with Gasteiger partial charge in [0.25, 0.3) is 0 Å². The maximum absolute atomic E-state index is 12.1. The Morgan fingerprint density at radius 2 is 2.38 bits per heavy atom. The van der Waals surface area contributed by atoms with Gasteiger partial charge in [-0.3, -0.25) is 0 Å². The normalized spacial score (nSPS) is 25.8. The Labute approximate surface area is 96.7 Å². The van der Waals surface area contributed by atoms with E-state index in [9.17, 15) is 4.79 Å². The Balaban J connectivity index is 1.85. The number of hydrogen-bond donors (Lipinski definition) is 1. The molecule has 2 amide bonds. The van der Waals surface area contributed by atoms with E-state index in [1.807, 2.05) is 9.80 Å². The molecule has 0 spiro atoms. The zero-order valence-electron chi connectivity index (χ0n) is 9.95. The number of methoxy groups -OCH3 is 1. The summed E-state index contributed by atoms with van der Waals surface area (Å²) in [5, 5.41) is 3.34. The second-order valence-electron chi connectivity index (χ2n) is 4.46. The number of nitrogens with one attached hydrogen (secondary N) is 1. The first-order valence-electron chi connectivity index (χ1n) is 6.08. The number of ether oxygens (including phenoxy) is 1. The molecule has 0 aromatic rings. The average molecular weight is 227 g/mol. The van der Waals surface area contributed by atoms with E-state index in [0.717, 1.165) is 52.2 Å². The Hall–Kier alpha value is -0.810. The van der Waals surface area contributed by atoms with Crippen LogP contribution in [0.2, 0.25) is 0 Å². The molecule has 16 heavy (non-hydrogen) atoms. The Morgan fingerprint density at radius 1 is 1.50 bits per heavy atom. The molecule has 2 fully saturated rings. The molecule has 0 aliphatic carbocycles. The highest BCUT2D eigenvalue weighted by atomic mass is 16.5. The molecule has 2 heterocycles. The lowest BCUT2D eigenvalue weighted by molar-refractivity contribution is 0.0812. The molecule has 0 radical (unpaired) electrons. The summed E-state index contributed by atoms with van der Waals surface area (Å²) in [6.07, 6.45) is 2.02. The van der Waals surface area contributed by atoms with E-state index in [2.05, 4.69) is 5.32 Å². The van der Waals surface area contributed by atoms with Gasteiger partial charge >= 0.3 is 6.03 Å². The SMILES string of the molecule is COCCCN1CCC2CNCCN2C1=O. The van der Waals surface area contributed by atoms with Crippen molar-refractivity contribution in [1.82, 2.24) is 15.1 Å². The average Bonchev–Trinajstić information content (AvgIpc) is 2.33. The number of amides is 2. The van der Waals surface area contributed by atoms with Gasteiger partial charge < -0.3 is 19.9 Å². The fourth-order valence-electron chi connectivity index (χ4n) is 2.46. The van der Waals surface area contributed by atoms with Gasteiger partial charge in [0.05, 0.1) is 0 Å². The number of urea groups is 1. The molecule has 1 unspecified atom stereocenters. The monoisotopic (exact) mass is 227 g/mol. The molecule has 5 nitrogen and oxygen atoms in total. The molecule has 1 atom stereocenters. The first kappa shape index (κ1) is 11.7. The first-order chi connectivity index (χ1) is 7.83. The largest absolute Gasteiger partial charge is 0.385 e. The predicted octanol–water partition coefficient (Wildman–Crippen LogP) is 0.122. The highest BCUT2D eigenvalue weighted by Crippen LogP contribution is 2.17. The molecular formula is C11H21N3O2. The van der Waals surface area contributed by atoms with Gasteiger partial charge in [0.1, 0.15) is 0 Å². The lowest BCUT2D eigenvalue weighted by Gasteiger charge is -2.44. The maximum Gasteiger partial charge on any atom is 0.320 e. The van der Waals surface area contributed by atoms with Crippen molar-refractivity contribution in [2.45, 2.75) is 18.9 Å².